The quantitative estimate of drug-likeness (QED) is 0.312. The van der Waals surface area contributed by atoms with Gasteiger partial charge in [-0.15, -0.1) is 0 Å². The minimum absolute atomic E-state index is 0.220. The van der Waals surface area contributed by atoms with Gasteiger partial charge in [-0.3, -0.25) is 4.99 Å². The number of aromatic amines is 1. The second kappa shape index (κ2) is 10.7. The van der Waals surface area contributed by atoms with Crippen LogP contribution in [-0.2, 0) is 6.42 Å². The van der Waals surface area contributed by atoms with Gasteiger partial charge in [0.1, 0.15) is 11.5 Å². The fourth-order valence-electron chi connectivity index (χ4n) is 3.61. The molecule has 0 radical (unpaired) electrons. The molecule has 0 fully saturated rings. The fourth-order valence-corrected chi connectivity index (χ4v) is 3.61. The van der Waals surface area contributed by atoms with Crippen molar-refractivity contribution in [3.63, 3.8) is 0 Å². The van der Waals surface area contributed by atoms with Crippen molar-refractivity contribution in [2.24, 2.45) is 4.99 Å². The normalized spacial score (nSPS) is 12.6. The maximum atomic E-state index is 10.6. The van der Waals surface area contributed by atoms with Crippen molar-refractivity contribution < 1.29 is 14.6 Å². The summed E-state index contributed by atoms with van der Waals surface area (Å²) in [5, 5.41) is 18.5. The number of aromatic nitrogens is 1. The predicted molar refractivity (Wildman–Crippen MR) is 125 cm³/mol. The number of hydrogen-bond acceptors (Lipinski definition) is 4. The van der Waals surface area contributed by atoms with Gasteiger partial charge in [-0.25, -0.2) is 0 Å². The number of methoxy groups -OCH3 is 2. The third-order valence-corrected chi connectivity index (χ3v) is 5.22. The number of aliphatic imine (C=N–C) groups is 1. The molecule has 7 heteroatoms. The zero-order chi connectivity index (χ0) is 22.2. The highest BCUT2D eigenvalue weighted by Crippen LogP contribution is 2.26. The van der Waals surface area contributed by atoms with Crippen molar-refractivity contribution >= 4 is 16.9 Å². The number of nitrogens with one attached hydrogen (secondary N) is 3. The highest BCUT2D eigenvalue weighted by molar-refractivity contribution is 5.84. The molecule has 2 aromatic carbocycles. The molecule has 1 unspecified atom stereocenters. The van der Waals surface area contributed by atoms with Crippen molar-refractivity contribution in [2.45, 2.75) is 26.4 Å². The van der Waals surface area contributed by atoms with Crippen LogP contribution >= 0.6 is 0 Å². The number of benzene rings is 2. The van der Waals surface area contributed by atoms with Crippen LogP contribution in [0.5, 0.6) is 11.5 Å². The summed E-state index contributed by atoms with van der Waals surface area (Å²) in [6.07, 6.45) is 0.103. The Kier molecular flexibility index (Phi) is 7.78. The van der Waals surface area contributed by atoms with Crippen molar-refractivity contribution in [2.75, 3.05) is 33.9 Å². The van der Waals surface area contributed by atoms with E-state index in [1.807, 2.05) is 13.0 Å². The number of hydrogen-bond donors (Lipinski definition) is 4. The first kappa shape index (κ1) is 22.5. The Morgan fingerprint density at radius 2 is 1.81 bits per heavy atom. The molecule has 166 valence electrons. The van der Waals surface area contributed by atoms with Crippen LogP contribution in [0.4, 0.5) is 0 Å². The molecular weight excluding hydrogens is 392 g/mol. The molecule has 0 saturated carbocycles. The van der Waals surface area contributed by atoms with Gasteiger partial charge in [-0.2, -0.15) is 0 Å². The third kappa shape index (κ3) is 5.70. The molecule has 0 aliphatic rings. The number of rotatable bonds is 9. The van der Waals surface area contributed by atoms with E-state index in [4.69, 9.17) is 9.47 Å². The molecule has 3 aromatic rings. The van der Waals surface area contributed by atoms with Gasteiger partial charge >= 0.3 is 0 Å². The molecule has 0 saturated heterocycles. The molecule has 0 amide bonds. The van der Waals surface area contributed by atoms with E-state index < -0.39 is 6.10 Å². The van der Waals surface area contributed by atoms with Crippen LogP contribution in [-0.4, -0.2) is 49.9 Å². The highest BCUT2D eigenvalue weighted by atomic mass is 16.5. The lowest BCUT2D eigenvalue weighted by molar-refractivity contribution is 0.186. The molecule has 3 rings (SSSR count). The largest absolute Gasteiger partial charge is 0.497 e. The minimum Gasteiger partial charge on any atom is -0.497 e. The first-order valence-corrected chi connectivity index (χ1v) is 10.5. The Morgan fingerprint density at radius 3 is 2.48 bits per heavy atom. The Balaban J connectivity index is 1.64. The Hall–Kier alpha value is -3.19. The standard InChI is InChI=1S/C24H32N4O3/c1-5-25-24(26-11-10-20-16(2)28-22-9-7-6-8-21(20)22)27-15-23(29)17-12-18(30-3)14-19(13-17)31-4/h6-9,12-14,23,28-29H,5,10-11,15H2,1-4H3,(H2,25,26,27). The van der Waals surface area contributed by atoms with E-state index in [1.165, 1.54) is 16.6 Å². The van der Waals surface area contributed by atoms with Crippen molar-refractivity contribution in [1.29, 1.82) is 0 Å². The second-order valence-electron chi connectivity index (χ2n) is 7.33. The average Bonchev–Trinajstić information content (AvgIpc) is 3.11. The molecular formula is C24H32N4O3. The molecule has 1 aromatic heterocycles. The van der Waals surface area contributed by atoms with E-state index >= 15 is 0 Å². The average molecular weight is 425 g/mol. The molecule has 0 bridgehead atoms. The summed E-state index contributed by atoms with van der Waals surface area (Å²) in [5.74, 6) is 1.95. The number of fused-ring (bicyclic) bond motifs is 1. The molecule has 1 atom stereocenters. The van der Waals surface area contributed by atoms with Crippen LogP contribution in [0, 0.1) is 6.92 Å². The van der Waals surface area contributed by atoms with E-state index in [0.29, 0.717) is 23.0 Å². The smallest absolute Gasteiger partial charge is 0.191 e. The molecule has 0 spiro atoms. The molecule has 1 heterocycles. The second-order valence-corrected chi connectivity index (χ2v) is 7.33. The van der Waals surface area contributed by atoms with Gasteiger partial charge in [0.2, 0.25) is 0 Å². The molecule has 0 aliphatic carbocycles. The molecule has 31 heavy (non-hydrogen) atoms. The van der Waals surface area contributed by atoms with E-state index in [-0.39, 0.29) is 6.54 Å². The van der Waals surface area contributed by atoms with Crippen molar-refractivity contribution in [3.8, 4) is 11.5 Å². The minimum atomic E-state index is -0.768. The van der Waals surface area contributed by atoms with E-state index in [0.717, 1.165) is 25.0 Å². The van der Waals surface area contributed by atoms with Gasteiger partial charge in [0.25, 0.3) is 0 Å². The van der Waals surface area contributed by atoms with Crippen LogP contribution < -0.4 is 20.1 Å². The molecule has 4 N–H and O–H groups in total. The fraction of sp³-hybridized carbons (Fsp3) is 0.375. The maximum absolute atomic E-state index is 10.6. The summed E-state index contributed by atoms with van der Waals surface area (Å²) in [7, 11) is 3.18. The van der Waals surface area contributed by atoms with Crippen molar-refractivity contribution in [1.82, 2.24) is 15.6 Å². The van der Waals surface area contributed by atoms with Gasteiger partial charge < -0.3 is 30.2 Å². The summed E-state index contributed by atoms with van der Waals surface area (Å²) >= 11 is 0. The van der Waals surface area contributed by atoms with E-state index in [9.17, 15) is 5.11 Å². The summed E-state index contributed by atoms with van der Waals surface area (Å²) < 4.78 is 10.6. The van der Waals surface area contributed by atoms with E-state index in [2.05, 4.69) is 45.7 Å². The molecule has 0 aliphatic heterocycles. The Morgan fingerprint density at radius 1 is 1.10 bits per heavy atom. The topological polar surface area (TPSA) is 90.9 Å². The van der Waals surface area contributed by atoms with Gasteiger partial charge in [0.15, 0.2) is 5.96 Å². The Bertz CT molecular complexity index is 1010. The lowest BCUT2D eigenvalue weighted by atomic mass is 10.1. The van der Waals surface area contributed by atoms with Crippen LogP contribution in [0.2, 0.25) is 0 Å². The summed E-state index contributed by atoms with van der Waals surface area (Å²) in [6.45, 7) is 5.81. The van der Waals surface area contributed by atoms with Crippen LogP contribution in [0.3, 0.4) is 0 Å². The number of nitrogens with zero attached hydrogens (tertiary/aromatic N) is 1. The SMILES string of the molecule is CCNC(=NCC(O)c1cc(OC)cc(OC)c1)NCCc1c(C)[nH]c2ccccc12. The number of ether oxygens (including phenoxy) is 2. The van der Waals surface area contributed by atoms with Gasteiger partial charge in [-0.05, 0) is 49.6 Å². The number of aryl methyl sites for hydroxylation is 1. The monoisotopic (exact) mass is 424 g/mol. The summed E-state index contributed by atoms with van der Waals surface area (Å²) in [5.41, 5.74) is 4.35. The lowest BCUT2D eigenvalue weighted by Gasteiger charge is -2.15. The van der Waals surface area contributed by atoms with Crippen molar-refractivity contribution in [3.05, 3.63) is 59.3 Å². The maximum Gasteiger partial charge on any atom is 0.191 e. The van der Waals surface area contributed by atoms with Gasteiger partial charge in [0, 0.05) is 35.8 Å². The van der Waals surface area contributed by atoms with Crippen LogP contribution in [0.1, 0.15) is 29.8 Å². The molecule has 7 nitrogen and oxygen atoms in total. The van der Waals surface area contributed by atoms with Crippen LogP contribution in [0.25, 0.3) is 10.9 Å². The van der Waals surface area contributed by atoms with E-state index in [1.54, 1.807) is 32.4 Å². The number of para-hydroxylation sites is 1. The first-order chi connectivity index (χ1) is 15.0. The lowest BCUT2D eigenvalue weighted by Crippen LogP contribution is -2.38. The summed E-state index contributed by atoms with van der Waals surface area (Å²) in [6, 6.07) is 13.7. The number of H-pyrrole nitrogens is 1. The first-order valence-electron chi connectivity index (χ1n) is 10.5. The number of aliphatic hydroxyl groups excluding tert-OH is 1. The van der Waals surface area contributed by atoms with Gasteiger partial charge in [0.05, 0.1) is 26.9 Å². The number of aliphatic hydroxyl groups is 1. The van der Waals surface area contributed by atoms with Crippen LogP contribution in [0.15, 0.2) is 47.5 Å². The predicted octanol–water partition coefficient (Wildman–Crippen LogP) is 3.32. The zero-order valence-electron chi connectivity index (χ0n) is 18.7. The third-order valence-electron chi connectivity index (χ3n) is 5.22. The Labute approximate surface area is 183 Å². The van der Waals surface area contributed by atoms with Gasteiger partial charge in [-0.1, -0.05) is 18.2 Å². The number of guanidine groups is 1. The highest BCUT2D eigenvalue weighted by Gasteiger charge is 2.12. The zero-order valence-corrected chi connectivity index (χ0v) is 18.7. The summed E-state index contributed by atoms with van der Waals surface area (Å²) in [4.78, 5) is 8.00.